The van der Waals surface area contributed by atoms with E-state index in [1.54, 1.807) is 23.1 Å². The summed E-state index contributed by atoms with van der Waals surface area (Å²) < 4.78 is 11.2. The lowest BCUT2D eigenvalue weighted by Gasteiger charge is -2.28. The number of benzene rings is 1. The van der Waals surface area contributed by atoms with Crippen molar-refractivity contribution in [2.45, 2.75) is 65.6 Å². The van der Waals surface area contributed by atoms with E-state index in [9.17, 15) is 14.4 Å². The molecule has 2 amide bonds. The number of amides is 2. The largest absolute Gasteiger partial charge is 0.460 e. The molecule has 1 fully saturated rings. The zero-order chi connectivity index (χ0) is 24.1. The third-order valence-corrected chi connectivity index (χ3v) is 4.96. The summed E-state index contributed by atoms with van der Waals surface area (Å²) in [5.74, 6) is -1.34. The van der Waals surface area contributed by atoms with E-state index in [-0.39, 0.29) is 18.0 Å². The maximum atomic E-state index is 13.1. The van der Waals surface area contributed by atoms with Gasteiger partial charge in [-0.15, -0.1) is 0 Å². The van der Waals surface area contributed by atoms with Crippen LogP contribution in [0, 0.1) is 11.8 Å². The van der Waals surface area contributed by atoms with Gasteiger partial charge in [-0.3, -0.25) is 9.59 Å². The molecule has 0 radical (unpaired) electrons. The number of ether oxygens (including phenoxy) is 2. The predicted octanol–water partition coefficient (Wildman–Crippen LogP) is 3.37. The monoisotopic (exact) mass is 448 g/mol. The molecule has 2 N–H and O–H groups in total. The molecule has 1 aliphatic rings. The second-order valence-electron chi connectivity index (χ2n) is 10.2. The Morgan fingerprint density at radius 1 is 1.12 bits per heavy atom. The van der Waals surface area contributed by atoms with E-state index in [4.69, 9.17) is 14.6 Å². The zero-order valence-electron chi connectivity index (χ0n) is 19.9. The van der Waals surface area contributed by atoms with Gasteiger partial charge >= 0.3 is 12.1 Å². The van der Waals surface area contributed by atoms with E-state index >= 15 is 0 Å². The molecule has 178 valence electrons. The number of carbonyl (C=O) groups excluding carboxylic acids is 3. The SMILES string of the molecule is CC(C)(C)OC(=O)[C@@H](Cc1cccc(NC(=O)CO)c1)[C@H]1CCN(C(=O)OC(C)(C)C)C1. The van der Waals surface area contributed by atoms with E-state index in [1.807, 2.05) is 47.6 Å². The lowest BCUT2D eigenvalue weighted by atomic mass is 9.86. The molecule has 0 saturated carbocycles. The molecule has 0 aromatic heterocycles. The van der Waals surface area contributed by atoms with E-state index < -0.39 is 29.6 Å². The Morgan fingerprint density at radius 2 is 1.78 bits per heavy atom. The Morgan fingerprint density at radius 3 is 2.38 bits per heavy atom. The Labute approximate surface area is 190 Å². The van der Waals surface area contributed by atoms with Crippen molar-refractivity contribution in [3.8, 4) is 0 Å². The van der Waals surface area contributed by atoms with Crippen LogP contribution >= 0.6 is 0 Å². The van der Waals surface area contributed by atoms with Crippen LogP contribution in [-0.4, -0.2) is 58.9 Å². The number of carbonyl (C=O) groups is 3. The van der Waals surface area contributed by atoms with Gasteiger partial charge in [0, 0.05) is 18.8 Å². The molecular weight excluding hydrogens is 412 g/mol. The average molecular weight is 449 g/mol. The van der Waals surface area contributed by atoms with Gasteiger partial charge in [-0.25, -0.2) is 4.79 Å². The summed E-state index contributed by atoms with van der Waals surface area (Å²) in [6.07, 6.45) is 0.700. The lowest BCUT2D eigenvalue weighted by molar-refractivity contribution is -0.162. The topological polar surface area (TPSA) is 105 Å². The molecule has 1 aromatic carbocycles. The highest BCUT2D eigenvalue weighted by molar-refractivity contribution is 5.91. The third-order valence-electron chi connectivity index (χ3n) is 4.96. The second kappa shape index (κ2) is 10.3. The van der Waals surface area contributed by atoms with Crippen molar-refractivity contribution in [2.75, 3.05) is 25.0 Å². The third kappa shape index (κ3) is 8.15. The minimum atomic E-state index is -0.629. The highest BCUT2D eigenvalue weighted by Gasteiger charge is 2.39. The van der Waals surface area contributed by atoms with Crippen molar-refractivity contribution >= 4 is 23.7 Å². The summed E-state index contributed by atoms with van der Waals surface area (Å²) in [7, 11) is 0. The lowest BCUT2D eigenvalue weighted by Crippen LogP contribution is -2.38. The maximum absolute atomic E-state index is 13.1. The molecule has 32 heavy (non-hydrogen) atoms. The second-order valence-corrected chi connectivity index (χ2v) is 10.2. The molecule has 0 spiro atoms. The van der Waals surface area contributed by atoms with Crippen molar-refractivity contribution in [3.63, 3.8) is 0 Å². The molecule has 0 aliphatic carbocycles. The first-order valence-electron chi connectivity index (χ1n) is 11.0. The van der Waals surface area contributed by atoms with E-state index in [0.29, 0.717) is 31.6 Å². The molecule has 1 saturated heterocycles. The Bertz CT molecular complexity index is 825. The first-order chi connectivity index (χ1) is 14.8. The van der Waals surface area contributed by atoms with E-state index in [2.05, 4.69) is 5.32 Å². The van der Waals surface area contributed by atoms with Crippen LogP contribution in [0.15, 0.2) is 24.3 Å². The van der Waals surface area contributed by atoms with Crippen molar-refractivity contribution in [3.05, 3.63) is 29.8 Å². The standard InChI is InChI=1S/C24H36N2O6/c1-23(2,3)31-21(29)19(13-16-8-7-9-18(12-16)25-20(28)15-27)17-10-11-26(14-17)22(30)32-24(4,5)6/h7-9,12,17,19,27H,10-11,13-15H2,1-6H3,(H,25,28)/t17-,19-/m0/s1. The predicted molar refractivity (Wildman–Crippen MR) is 121 cm³/mol. The van der Waals surface area contributed by atoms with Gasteiger partial charge in [0.25, 0.3) is 0 Å². The Balaban J connectivity index is 2.19. The number of aliphatic hydroxyl groups excluding tert-OH is 1. The van der Waals surface area contributed by atoms with Crippen molar-refractivity contribution in [1.29, 1.82) is 0 Å². The molecule has 2 atom stereocenters. The number of anilines is 1. The molecule has 1 heterocycles. The van der Waals surface area contributed by atoms with Crippen LogP contribution in [0.1, 0.15) is 53.5 Å². The van der Waals surface area contributed by atoms with Crippen LogP contribution < -0.4 is 5.32 Å². The molecule has 0 unspecified atom stereocenters. The number of nitrogens with one attached hydrogen (secondary N) is 1. The van der Waals surface area contributed by atoms with Gasteiger partial charge in [-0.05, 0) is 78.0 Å². The van der Waals surface area contributed by atoms with Gasteiger partial charge in [0.05, 0.1) is 5.92 Å². The molecule has 1 aromatic rings. The summed E-state index contributed by atoms with van der Waals surface area (Å²) in [5.41, 5.74) is 0.188. The van der Waals surface area contributed by atoms with Crippen molar-refractivity contribution in [2.24, 2.45) is 11.8 Å². The van der Waals surface area contributed by atoms with Crippen LogP contribution in [0.3, 0.4) is 0 Å². The minimum absolute atomic E-state index is 0.0759. The smallest absolute Gasteiger partial charge is 0.410 e. The summed E-state index contributed by atoms with van der Waals surface area (Å²) in [5, 5.41) is 11.6. The van der Waals surface area contributed by atoms with Crippen LogP contribution in [0.5, 0.6) is 0 Å². The number of nitrogens with zero attached hydrogens (tertiary/aromatic N) is 1. The van der Waals surface area contributed by atoms with Crippen molar-refractivity contribution in [1.82, 2.24) is 4.90 Å². The number of likely N-dealkylation sites (tertiary alicyclic amines) is 1. The Kier molecular flexibility index (Phi) is 8.29. The van der Waals surface area contributed by atoms with E-state index in [0.717, 1.165) is 5.56 Å². The van der Waals surface area contributed by atoms with Gasteiger partial charge in [-0.2, -0.15) is 0 Å². The van der Waals surface area contributed by atoms with Crippen molar-refractivity contribution < 1.29 is 29.0 Å². The van der Waals surface area contributed by atoms with E-state index in [1.165, 1.54) is 0 Å². The van der Waals surface area contributed by atoms with Gasteiger partial charge in [0.2, 0.25) is 5.91 Å². The number of esters is 1. The fourth-order valence-electron chi connectivity index (χ4n) is 3.66. The first-order valence-corrected chi connectivity index (χ1v) is 11.0. The van der Waals surface area contributed by atoms with Crippen LogP contribution in [-0.2, 0) is 25.5 Å². The van der Waals surface area contributed by atoms with Gasteiger partial charge in [0.1, 0.15) is 17.8 Å². The summed E-state index contributed by atoms with van der Waals surface area (Å²) >= 11 is 0. The first kappa shape index (κ1) is 25.6. The fraction of sp³-hybridized carbons (Fsp3) is 0.625. The van der Waals surface area contributed by atoms with Crippen LogP contribution in [0.4, 0.5) is 10.5 Å². The average Bonchev–Trinajstić information content (AvgIpc) is 3.13. The normalized spacial score (nSPS) is 17.6. The molecule has 8 nitrogen and oxygen atoms in total. The minimum Gasteiger partial charge on any atom is -0.460 e. The van der Waals surface area contributed by atoms with Crippen LogP contribution in [0.2, 0.25) is 0 Å². The summed E-state index contributed by atoms with van der Waals surface area (Å²) in [4.78, 5) is 38.7. The van der Waals surface area contributed by atoms with Gasteiger partial charge in [-0.1, -0.05) is 12.1 Å². The maximum Gasteiger partial charge on any atom is 0.410 e. The summed E-state index contributed by atoms with van der Waals surface area (Å²) in [6, 6.07) is 7.17. The number of rotatable bonds is 6. The molecule has 8 heteroatoms. The highest BCUT2D eigenvalue weighted by atomic mass is 16.6. The Hall–Kier alpha value is -2.61. The van der Waals surface area contributed by atoms with Gasteiger partial charge < -0.3 is 24.8 Å². The molecule has 2 rings (SSSR count). The zero-order valence-corrected chi connectivity index (χ0v) is 19.9. The quantitative estimate of drug-likeness (QED) is 0.647. The number of aliphatic hydroxyl groups is 1. The number of hydrogen-bond donors (Lipinski definition) is 2. The molecule has 0 bridgehead atoms. The van der Waals surface area contributed by atoms with Crippen LogP contribution in [0.25, 0.3) is 0 Å². The molecule has 1 aliphatic heterocycles. The summed E-state index contributed by atoms with van der Waals surface area (Å²) in [6.45, 7) is 11.3. The molecular formula is C24H36N2O6. The fourth-order valence-corrected chi connectivity index (χ4v) is 3.66. The highest BCUT2D eigenvalue weighted by Crippen LogP contribution is 2.31. The number of hydrogen-bond acceptors (Lipinski definition) is 6. The van der Waals surface area contributed by atoms with Gasteiger partial charge in [0.15, 0.2) is 0 Å².